The lowest BCUT2D eigenvalue weighted by Gasteiger charge is -2.16. The fourth-order valence-electron chi connectivity index (χ4n) is 3.36. The number of halogens is 1. The summed E-state index contributed by atoms with van der Waals surface area (Å²) in [4.78, 5) is 31.1. The van der Waals surface area contributed by atoms with Crippen molar-refractivity contribution in [2.24, 2.45) is 5.92 Å². The summed E-state index contributed by atoms with van der Waals surface area (Å²) in [6.45, 7) is 0.748. The first-order valence-corrected chi connectivity index (χ1v) is 10.6. The number of carbonyl (C=O) groups is 2. The van der Waals surface area contributed by atoms with Crippen molar-refractivity contribution >= 4 is 40.4 Å². The maximum atomic E-state index is 12.6. The highest BCUT2D eigenvalue weighted by Gasteiger charge is 2.35. The van der Waals surface area contributed by atoms with Crippen LogP contribution >= 0.6 is 22.9 Å². The van der Waals surface area contributed by atoms with Gasteiger partial charge in [-0.2, -0.15) is 0 Å². The summed E-state index contributed by atoms with van der Waals surface area (Å²) < 4.78 is 0. The topological polar surface area (TPSA) is 62.3 Å². The van der Waals surface area contributed by atoms with E-state index in [0.717, 1.165) is 22.8 Å². The van der Waals surface area contributed by atoms with Crippen LogP contribution in [-0.2, 0) is 22.6 Å². The molecule has 1 unspecified atom stereocenters. The monoisotopic (exact) mass is 425 g/mol. The zero-order valence-electron chi connectivity index (χ0n) is 15.7. The van der Waals surface area contributed by atoms with Gasteiger partial charge < -0.3 is 10.2 Å². The van der Waals surface area contributed by atoms with Gasteiger partial charge >= 0.3 is 0 Å². The number of carbonyl (C=O) groups excluding carboxylic acids is 2. The standard InChI is InChI=1S/C22H20ClN3O2S/c23-17-6-8-19(9-7-17)26-13-16(11-21(26)27)22(28)24-12-18-14-29-20(25-18)10-15-4-2-1-3-5-15/h1-9,14,16H,10-13H2,(H,24,28). The summed E-state index contributed by atoms with van der Waals surface area (Å²) >= 11 is 7.50. The predicted octanol–water partition coefficient (Wildman–Crippen LogP) is 4.06. The molecule has 2 amide bonds. The zero-order chi connectivity index (χ0) is 20.2. The van der Waals surface area contributed by atoms with Crippen LogP contribution in [0.3, 0.4) is 0 Å². The van der Waals surface area contributed by atoms with E-state index in [4.69, 9.17) is 11.6 Å². The van der Waals surface area contributed by atoms with Gasteiger partial charge in [-0.25, -0.2) is 4.98 Å². The Morgan fingerprint density at radius 2 is 1.93 bits per heavy atom. The van der Waals surface area contributed by atoms with Crippen molar-refractivity contribution < 1.29 is 9.59 Å². The summed E-state index contributed by atoms with van der Waals surface area (Å²) in [5, 5.41) is 6.53. The molecule has 4 rings (SSSR count). The van der Waals surface area contributed by atoms with Gasteiger partial charge in [0, 0.05) is 35.5 Å². The molecule has 2 heterocycles. The quantitative estimate of drug-likeness (QED) is 0.647. The van der Waals surface area contributed by atoms with E-state index in [-0.39, 0.29) is 24.2 Å². The molecular weight excluding hydrogens is 406 g/mol. The molecular formula is C22H20ClN3O2S. The molecule has 1 aliphatic rings. The number of anilines is 1. The van der Waals surface area contributed by atoms with E-state index in [1.807, 2.05) is 23.6 Å². The van der Waals surface area contributed by atoms with Crippen molar-refractivity contribution in [2.45, 2.75) is 19.4 Å². The second-order valence-electron chi connectivity index (χ2n) is 6.99. The first-order chi connectivity index (χ1) is 14.1. The van der Waals surface area contributed by atoms with E-state index in [9.17, 15) is 9.59 Å². The largest absolute Gasteiger partial charge is 0.350 e. The summed E-state index contributed by atoms with van der Waals surface area (Å²) in [5.74, 6) is -0.528. The maximum absolute atomic E-state index is 12.6. The van der Waals surface area contributed by atoms with Crippen molar-refractivity contribution in [2.75, 3.05) is 11.4 Å². The first kappa shape index (κ1) is 19.6. The Balaban J connectivity index is 1.31. The lowest BCUT2D eigenvalue weighted by molar-refractivity contribution is -0.126. The van der Waals surface area contributed by atoms with Gasteiger partial charge in [-0.3, -0.25) is 9.59 Å². The van der Waals surface area contributed by atoms with Gasteiger partial charge in [0.15, 0.2) is 0 Å². The SMILES string of the molecule is O=C(NCc1csc(Cc2ccccc2)n1)C1CC(=O)N(c2ccc(Cl)cc2)C1. The van der Waals surface area contributed by atoms with Crippen LogP contribution in [0.5, 0.6) is 0 Å². The molecule has 29 heavy (non-hydrogen) atoms. The van der Waals surface area contributed by atoms with Crippen LogP contribution in [0.1, 0.15) is 22.7 Å². The number of amides is 2. The van der Waals surface area contributed by atoms with Crippen molar-refractivity contribution in [1.29, 1.82) is 0 Å². The number of hydrogen-bond donors (Lipinski definition) is 1. The molecule has 1 fully saturated rings. The molecule has 7 heteroatoms. The van der Waals surface area contributed by atoms with Crippen molar-refractivity contribution in [3.05, 3.63) is 81.3 Å². The zero-order valence-corrected chi connectivity index (χ0v) is 17.2. The van der Waals surface area contributed by atoms with Gasteiger partial charge in [-0.1, -0.05) is 41.9 Å². The minimum absolute atomic E-state index is 0.0497. The highest BCUT2D eigenvalue weighted by Crippen LogP contribution is 2.26. The van der Waals surface area contributed by atoms with Crippen LogP contribution in [0.15, 0.2) is 60.0 Å². The highest BCUT2D eigenvalue weighted by molar-refractivity contribution is 7.09. The Kier molecular flexibility index (Phi) is 5.92. The predicted molar refractivity (Wildman–Crippen MR) is 115 cm³/mol. The fraction of sp³-hybridized carbons (Fsp3) is 0.227. The van der Waals surface area contributed by atoms with Crippen LogP contribution < -0.4 is 10.2 Å². The number of aromatic nitrogens is 1. The number of nitrogens with zero attached hydrogens (tertiary/aromatic N) is 2. The Morgan fingerprint density at radius 1 is 1.17 bits per heavy atom. The number of hydrogen-bond acceptors (Lipinski definition) is 4. The van der Waals surface area contributed by atoms with Crippen molar-refractivity contribution in [3.63, 3.8) is 0 Å². The second-order valence-corrected chi connectivity index (χ2v) is 8.37. The first-order valence-electron chi connectivity index (χ1n) is 9.39. The Bertz CT molecular complexity index is 1000. The molecule has 0 bridgehead atoms. The van der Waals surface area contributed by atoms with Gasteiger partial charge in [0.25, 0.3) is 0 Å². The Labute approximate surface area is 178 Å². The number of rotatable bonds is 6. The fourth-order valence-corrected chi connectivity index (χ4v) is 4.31. The summed E-state index contributed by atoms with van der Waals surface area (Å²) in [7, 11) is 0. The van der Waals surface area contributed by atoms with Gasteiger partial charge in [0.05, 0.1) is 23.2 Å². The third-order valence-electron chi connectivity index (χ3n) is 4.88. The number of nitrogens with one attached hydrogen (secondary N) is 1. The van der Waals surface area contributed by atoms with Crippen molar-refractivity contribution in [1.82, 2.24) is 10.3 Å². The summed E-state index contributed by atoms with van der Waals surface area (Å²) in [5.41, 5.74) is 2.82. The number of thiazole rings is 1. The average molecular weight is 426 g/mol. The Hall–Kier alpha value is -2.70. The molecule has 5 nitrogen and oxygen atoms in total. The van der Waals surface area contributed by atoms with E-state index in [2.05, 4.69) is 22.4 Å². The van der Waals surface area contributed by atoms with Gasteiger partial charge in [0.2, 0.25) is 11.8 Å². The molecule has 1 N–H and O–H groups in total. The molecule has 2 aromatic carbocycles. The lowest BCUT2D eigenvalue weighted by atomic mass is 10.1. The maximum Gasteiger partial charge on any atom is 0.227 e. The van der Waals surface area contributed by atoms with Crippen LogP contribution in [0, 0.1) is 5.92 Å². The molecule has 0 spiro atoms. The van der Waals surface area contributed by atoms with Crippen LogP contribution in [0.2, 0.25) is 5.02 Å². The molecule has 0 radical (unpaired) electrons. The molecule has 1 saturated heterocycles. The van der Waals surface area contributed by atoms with Crippen molar-refractivity contribution in [3.8, 4) is 0 Å². The molecule has 148 valence electrons. The van der Waals surface area contributed by atoms with E-state index >= 15 is 0 Å². The summed E-state index contributed by atoms with van der Waals surface area (Å²) in [6.07, 6.45) is 0.997. The molecule has 0 saturated carbocycles. The van der Waals surface area contributed by atoms with Gasteiger partial charge in [0.1, 0.15) is 0 Å². The molecule has 1 atom stereocenters. The number of benzene rings is 2. The smallest absolute Gasteiger partial charge is 0.227 e. The minimum Gasteiger partial charge on any atom is -0.350 e. The van der Waals surface area contributed by atoms with Crippen LogP contribution in [0.25, 0.3) is 0 Å². The third kappa shape index (κ3) is 4.83. The minimum atomic E-state index is -0.361. The normalized spacial score (nSPS) is 16.2. The van der Waals surface area contributed by atoms with E-state index in [0.29, 0.717) is 18.1 Å². The van der Waals surface area contributed by atoms with Crippen LogP contribution in [-0.4, -0.2) is 23.3 Å². The molecule has 0 aliphatic carbocycles. The van der Waals surface area contributed by atoms with Crippen LogP contribution in [0.4, 0.5) is 5.69 Å². The molecule has 3 aromatic rings. The average Bonchev–Trinajstić information content (AvgIpc) is 3.34. The molecule has 1 aliphatic heterocycles. The molecule has 1 aromatic heterocycles. The van der Waals surface area contributed by atoms with Gasteiger partial charge in [-0.15, -0.1) is 11.3 Å². The second kappa shape index (κ2) is 8.76. The third-order valence-corrected chi connectivity index (χ3v) is 6.02. The summed E-state index contributed by atoms with van der Waals surface area (Å²) in [6, 6.07) is 17.3. The van der Waals surface area contributed by atoms with E-state index < -0.39 is 0 Å². The van der Waals surface area contributed by atoms with E-state index in [1.165, 1.54) is 5.56 Å². The van der Waals surface area contributed by atoms with E-state index in [1.54, 1.807) is 40.5 Å². The lowest BCUT2D eigenvalue weighted by Crippen LogP contribution is -2.32. The van der Waals surface area contributed by atoms with Gasteiger partial charge in [-0.05, 0) is 29.8 Å². The highest BCUT2D eigenvalue weighted by atomic mass is 35.5. The Morgan fingerprint density at radius 3 is 2.69 bits per heavy atom.